The predicted octanol–water partition coefficient (Wildman–Crippen LogP) is 3.43. The fourth-order valence-electron chi connectivity index (χ4n) is 1.94. The number of carbonyl (C=O) groups is 1. The molecule has 5 heteroatoms. The summed E-state index contributed by atoms with van der Waals surface area (Å²) in [6.45, 7) is 7.57. The molecule has 1 rings (SSSR count). The molecule has 0 saturated carbocycles. The van der Waals surface area contributed by atoms with Crippen LogP contribution in [0.15, 0.2) is 22.7 Å². The minimum absolute atomic E-state index is 0.0978. The van der Waals surface area contributed by atoms with E-state index in [1.54, 1.807) is 11.0 Å². The zero-order valence-electron chi connectivity index (χ0n) is 12.2. The van der Waals surface area contributed by atoms with E-state index in [0.717, 1.165) is 6.42 Å². The Morgan fingerprint density at radius 2 is 2.10 bits per heavy atom. The van der Waals surface area contributed by atoms with Crippen molar-refractivity contribution < 1.29 is 9.18 Å². The fraction of sp³-hybridized carbons (Fsp3) is 0.533. The number of benzene rings is 1. The van der Waals surface area contributed by atoms with Crippen molar-refractivity contribution in [2.45, 2.75) is 27.2 Å². The van der Waals surface area contributed by atoms with Crippen LogP contribution in [0.25, 0.3) is 0 Å². The predicted molar refractivity (Wildman–Crippen MR) is 83.1 cm³/mol. The van der Waals surface area contributed by atoms with Crippen molar-refractivity contribution in [3.8, 4) is 0 Å². The van der Waals surface area contributed by atoms with Crippen LogP contribution in [0.5, 0.6) is 0 Å². The molecule has 1 aromatic rings. The third-order valence-corrected chi connectivity index (χ3v) is 3.60. The summed E-state index contributed by atoms with van der Waals surface area (Å²) in [7, 11) is 0. The number of amides is 1. The first kappa shape index (κ1) is 17.1. The molecule has 0 spiro atoms. The number of nitrogens with two attached hydrogens (primary N) is 1. The first-order valence-electron chi connectivity index (χ1n) is 6.75. The van der Waals surface area contributed by atoms with Gasteiger partial charge < -0.3 is 10.6 Å². The van der Waals surface area contributed by atoms with E-state index in [0.29, 0.717) is 24.1 Å². The lowest BCUT2D eigenvalue weighted by molar-refractivity contribution is 0.0684. The smallest absolute Gasteiger partial charge is 0.256 e. The highest BCUT2D eigenvalue weighted by atomic mass is 79.9. The maximum Gasteiger partial charge on any atom is 0.256 e. The van der Waals surface area contributed by atoms with Crippen LogP contribution in [0.3, 0.4) is 0 Å². The summed E-state index contributed by atoms with van der Waals surface area (Å²) in [5.74, 6) is -0.781. The zero-order valence-corrected chi connectivity index (χ0v) is 13.8. The van der Waals surface area contributed by atoms with Crippen molar-refractivity contribution in [1.29, 1.82) is 0 Å². The molecule has 112 valence electrons. The molecule has 1 amide bonds. The summed E-state index contributed by atoms with van der Waals surface area (Å²) >= 11 is 3.27. The summed E-state index contributed by atoms with van der Waals surface area (Å²) < 4.78 is 14.5. The van der Waals surface area contributed by atoms with Crippen molar-refractivity contribution in [2.75, 3.05) is 19.6 Å². The van der Waals surface area contributed by atoms with E-state index < -0.39 is 5.82 Å². The lowest BCUT2D eigenvalue weighted by Gasteiger charge is -2.32. The summed E-state index contributed by atoms with van der Waals surface area (Å²) in [5.41, 5.74) is 5.63. The number of rotatable bonds is 6. The van der Waals surface area contributed by atoms with Gasteiger partial charge in [-0.25, -0.2) is 4.39 Å². The van der Waals surface area contributed by atoms with Gasteiger partial charge in [0.15, 0.2) is 0 Å². The highest BCUT2D eigenvalue weighted by Gasteiger charge is 2.25. The molecule has 0 fully saturated rings. The minimum atomic E-state index is -0.496. The SMILES string of the molecule is CCCN(CC(C)(C)CN)C(=O)c1cc(Br)ccc1F. The van der Waals surface area contributed by atoms with Gasteiger partial charge in [0.25, 0.3) is 5.91 Å². The Labute approximate surface area is 128 Å². The minimum Gasteiger partial charge on any atom is -0.338 e. The van der Waals surface area contributed by atoms with Gasteiger partial charge in [0, 0.05) is 17.6 Å². The highest BCUT2D eigenvalue weighted by Crippen LogP contribution is 2.21. The molecule has 0 unspecified atom stereocenters. The molecule has 0 bridgehead atoms. The van der Waals surface area contributed by atoms with Crippen LogP contribution < -0.4 is 5.73 Å². The van der Waals surface area contributed by atoms with Gasteiger partial charge in [0.05, 0.1) is 5.56 Å². The molecule has 1 aromatic carbocycles. The number of hydrogen-bond acceptors (Lipinski definition) is 2. The standard InChI is InChI=1S/C15H22BrFN2O/c1-4-7-19(10-15(2,3)9-18)14(20)12-8-11(16)5-6-13(12)17/h5-6,8H,4,7,9-10,18H2,1-3H3. The quantitative estimate of drug-likeness (QED) is 0.859. The second-order valence-electron chi connectivity index (χ2n) is 5.72. The van der Waals surface area contributed by atoms with Crippen LogP contribution in [0.2, 0.25) is 0 Å². The molecule has 0 saturated heterocycles. The van der Waals surface area contributed by atoms with Gasteiger partial charge in [-0.2, -0.15) is 0 Å². The van der Waals surface area contributed by atoms with Crippen molar-refractivity contribution in [3.63, 3.8) is 0 Å². The Balaban J connectivity index is 3.02. The molecule has 0 aliphatic carbocycles. The van der Waals surface area contributed by atoms with Gasteiger partial charge in [-0.1, -0.05) is 36.7 Å². The first-order chi connectivity index (χ1) is 9.30. The second-order valence-corrected chi connectivity index (χ2v) is 6.63. The Morgan fingerprint density at radius 1 is 1.45 bits per heavy atom. The summed E-state index contributed by atoms with van der Waals surface area (Å²) in [6.07, 6.45) is 0.821. The maximum absolute atomic E-state index is 13.8. The van der Waals surface area contributed by atoms with E-state index in [2.05, 4.69) is 15.9 Å². The van der Waals surface area contributed by atoms with Crippen LogP contribution in [-0.4, -0.2) is 30.4 Å². The molecule has 20 heavy (non-hydrogen) atoms. The summed E-state index contributed by atoms with van der Waals surface area (Å²) in [5, 5.41) is 0. The zero-order chi connectivity index (χ0) is 15.3. The Morgan fingerprint density at radius 3 is 2.65 bits per heavy atom. The fourth-order valence-corrected chi connectivity index (χ4v) is 2.30. The second kappa shape index (κ2) is 7.18. The van der Waals surface area contributed by atoms with Gasteiger partial charge in [-0.3, -0.25) is 4.79 Å². The van der Waals surface area contributed by atoms with Gasteiger partial charge in [-0.15, -0.1) is 0 Å². The topological polar surface area (TPSA) is 46.3 Å². The van der Waals surface area contributed by atoms with Crippen LogP contribution in [0, 0.1) is 11.2 Å². The largest absolute Gasteiger partial charge is 0.338 e. The van der Waals surface area contributed by atoms with Crippen molar-refractivity contribution in [1.82, 2.24) is 4.90 Å². The molecular weight excluding hydrogens is 323 g/mol. The number of halogens is 2. The van der Waals surface area contributed by atoms with Crippen molar-refractivity contribution in [2.24, 2.45) is 11.1 Å². The van der Waals surface area contributed by atoms with E-state index in [1.165, 1.54) is 12.1 Å². The van der Waals surface area contributed by atoms with E-state index in [4.69, 9.17) is 5.73 Å². The van der Waals surface area contributed by atoms with Gasteiger partial charge in [-0.05, 0) is 36.6 Å². The monoisotopic (exact) mass is 344 g/mol. The lowest BCUT2D eigenvalue weighted by atomic mass is 9.92. The maximum atomic E-state index is 13.8. The Bertz CT molecular complexity index is 477. The molecule has 0 atom stereocenters. The van der Waals surface area contributed by atoms with Crippen LogP contribution in [0.4, 0.5) is 4.39 Å². The number of carbonyl (C=O) groups excluding carboxylic acids is 1. The van der Waals surface area contributed by atoms with E-state index in [-0.39, 0.29) is 16.9 Å². The molecule has 0 radical (unpaired) electrons. The highest BCUT2D eigenvalue weighted by molar-refractivity contribution is 9.10. The summed E-state index contributed by atoms with van der Waals surface area (Å²) in [4.78, 5) is 14.2. The first-order valence-corrected chi connectivity index (χ1v) is 7.54. The normalized spacial score (nSPS) is 11.5. The Hall–Kier alpha value is -0.940. The average Bonchev–Trinajstić information content (AvgIpc) is 2.40. The lowest BCUT2D eigenvalue weighted by Crippen LogP contribution is -2.42. The number of nitrogens with zero attached hydrogens (tertiary/aromatic N) is 1. The van der Waals surface area contributed by atoms with E-state index >= 15 is 0 Å². The Kier molecular flexibility index (Phi) is 6.14. The van der Waals surface area contributed by atoms with Crippen molar-refractivity contribution >= 4 is 21.8 Å². The number of hydrogen-bond donors (Lipinski definition) is 1. The van der Waals surface area contributed by atoms with Gasteiger partial charge in [0.1, 0.15) is 5.82 Å². The van der Waals surface area contributed by atoms with Crippen LogP contribution in [-0.2, 0) is 0 Å². The average molecular weight is 345 g/mol. The molecule has 0 aliphatic rings. The van der Waals surface area contributed by atoms with E-state index in [1.807, 2.05) is 20.8 Å². The molecule has 0 aliphatic heterocycles. The third-order valence-electron chi connectivity index (χ3n) is 3.11. The third kappa shape index (κ3) is 4.56. The summed E-state index contributed by atoms with van der Waals surface area (Å²) in [6, 6.07) is 4.41. The van der Waals surface area contributed by atoms with Crippen molar-refractivity contribution in [3.05, 3.63) is 34.1 Å². The van der Waals surface area contributed by atoms with Gasteiger partial charge >= 0.3 is 0 Å². The molecular formula is C15H22BrFN2O. The van der Waals surface area contributed by atoms with Gasteiger partial charge in [0.2, 0.25) is 0 Å². The molecule has 0 heterocycles. The molecule has 3 nitrogen and oxygen atoms in total. The van der Waals surface area contributed by atoms with E-state index in [9.17, 15) is 9.18 Å². The molecule has 2 N–H and O–H groups in total. The van der Waals surface area contributed by atoms with Crippen LogP contribution >= 0.6 is 15.9 Å². The van der Waals surface area contributed by atoms with Crippen LogP contribution in [0.1, 0.15) is 37.6 Å². The molecule has 0 aromatic heterocycles.